The van der Waals surface area contributed by atoms with Gasteiger partial charge in [-0.05, 0) is 37.1 Å². The molecule has 1 amide bonds. The number of likely N-dealkylation sites (tertiary alicyclic amines) is 1. The lowest BCUT2D eigenvalue weighted by Gasteiger charge is -2.33. The molecule has 1 aliphatic rings. The highest BCUT2D eigenvalue weighted by Gasteiger charge is 2.26. The molecule has 1 saturated heterocycles. The Kier molecular flexibility index (Phi) is 4.32. The maximum absolute atomic E-state index is 12.9. The Morgan fingerprint density at radius 2 is 2.24 bits per heavy atom. The summed E-state index contributed by atoms with van der Waals surface area (Å²) in [7, 11) is 0. The lowest BCUT2D eigenvalue weighted by molar-refractivity contribution is 0.0538. The van der Waals surface area contributed by atoms with E-state index < -0.39 is 0 Å². The van der Waals surface area contributed by atoms with Gasteiger partial charge in [-0.15, -0.1) is 0 Å². The second-order valence-electron chi connectivity index (χ2n) is 6.22. The first-order valence-electron chi connectivity index (χ1n) is 8.33. The molecular formula is C19H18ClN3O2. The number of aromatic amines is 1. The van der Waals surface area contributed by atoms with Crippen LogP contribution in [0.3, 0.4) is 0 Å². The molecule has 1 aromatic carbocycles. The molecular weight excluding hydrogens is 338 g/mol. The molecule has 1 aliphatic heterocycles. The summed E-state index contributed by atoms with van der Waals surface area (Å²) in [6.07, 6.45) is 6.84. The number of nitrogens with one attached hydrogen (secondary N) is 1. The van der Waals surface area contributed by atoms with Crippen molar-refractivity contribution in [1.29, 1.82) is 0 Å². The van der Waals surface area contributed by atoms with Crippen LogP contribution in [0.5, 0.6) is 5.75 Å². The Hall–Kier alpha value is -2.53. The van der Waals surface area contributed by atoms with Crippen molar-refractivity contribution in [3.05, 3.63) is 59.5 Å². The highest BCUT2D eigenvalue weighted by atomic mass is 35.5. The zero-order valence-corrected chi connectivity index (χ0v) is 14.4. The number of rotatable bonds is 3. The van der Waals surface area contributed by atoms with Crippen LogP contribution in [0.15, 0.2) is 48.9 Å². The molecule has 4 rings (SSSR count). The van der Waals surface area contributed by atoms with Crippen LogP contribution >= 0.6 is 11.6 Å². The molecule has 25 heavy (non-hydrogen) atoms. The third kappa shape index (κ3) is 3.33. The van der Waals surface area contributed by atoms with Crippen LogP contribution in [0.4, 0.5) is 0 Å². The van der Waals surface area contributed by atoms with E-state index in [9.17, 15) is 4.79 Å². The van der Waals surface area contributed by atoms with Gasteiger partial charge in [0.1, 0.15) is 16.9 Å². The van der Waals surface area contributed by atoms with Gasteiger partial charge in [-0.2, -0.15) is 0 Å². The molecule has 1 atom stereocenters. The van der Waals surface area contributed by atoms with Crippen LogP contribution in [0.1, 0.15) is 23.2 Å². The Morgan fingerprint density at radius 1 is 1.32 bits per heavy atom. The van der Waals surface area contributed by atoms with E-state index >= 15 is 0 Å². The van der Waals surface area contributed by atoms with Gasteiger partial charge in [-0.1, -0.05) is 11.6 Å². The minimum atomic E-state index is -0.0615. The quantitative estimate of drug-likeness (QED) is 0.775. The second-order valence-corrected chi connectivity index (χ2v) is 6.63. The van der Waals surface area contributed by atoms with Gasteiger partial charge in [0.25, 0.3) is 5.91 Å². The van der Waals surface area contributed by atoms with E-state index in [1.54, 1.807) is 18.5 Å². The van der Waals surface area contributed by atoms with Gasteiger partial charge in [0.15, 0.2) is 0 Å². The monoisotopic (exact) mass is 355 g/mol. The summed E-state index contributed by atoms with van der Waals surface area (Å²) in [6, 6.07) is 9.46. The second kappa shape index (κ2) is 6.76. The van der Waals surface area contributed by atoms with Crippen molar-refractivity contribution in [2.75, 3.05) is 13.1 Å². The SMILES string of the molecule is O=C(c1ccc2[nH]ccc2c1)N1CCCC(Oc2ccncc2Cl)C1. The number of hydrogen-bond donors (Lipinski definition) is 1. The smallest absolute Gasteiger partial charge is 0.254 e. The summed E-state index contributed by atoms with van der Waals surface area (Å²) in [6.45, 7) is 1.30. The van der Waals surface area contributed by atoms with E-state index in [4.69, 9.17) is 16.3 Å². The van der Waals surface area contributed by atoms with Crippen LogP contribution in [0.2, 0.25) is 5.02 Å². The highest BCUT2D eigenvalue weighted by Crippen LogP contribution is 2.26. The molecule has 0 bridgehead atoms. The molecule has 5 nitrogen and oxygen atoms in total. The fraction of sp³-hybridized carbons (Fsp3) is 0.263. The van der Waals surface area contributed by atoms with E-state index in [-0.39, 0.29) is 12.0 Å². The molecule has 0 spiro atoms. The number of fused-ring (bicyclic) bond motifs is 1. The number of carbonyl (C=O) groups is 1. The molecule has 1 unspecified atom stereocenters. The van der Waals surface area contributed by atoms with E-state index in [2.05, 4.69) is 9.97 Å². The number of piperidine rings is 1. The topological polar surface area (TPSA) is 58.2 Å². The number of halogens is 1. The van der Waals surface area contributed by atoms with E-state index in [0.717, 1.165) is 30.3 Å². The van der Waals surface area contributed by atoms with Crippen LogP contribution in [0.25, 0.3) is 10.9 Å². The molecule has 6 heteroatoms. The zero-order valence-electron chi connectivity index (χ0n) is 13.6. The van der Waals surface area contributed by atoms with Gasteiger partial charge in [0.05, 0.1) is 6.54 Å². The van der Waals surface area contributed by atoms with Crippen LogP contribution in [0, 0.1) is 0 Å². The van der Waals surface area contributed by atoms with Gasteiger partial charge in [-0.3, -0.25) is 9.78 Å². The molecule has 3 aromatic rings. The highest BCUT2D eigenvalue weighted by molar-refractivity contribution is 6.31. The van der Waals surface area contributed by atoms with E-state index in [1.807, 2.05) is 35.4 Å². The van der Waals surface area contributed by atoms with Crippen molar-refractivity contribution in [2.24, 2.45) is 0 Å². The minimum absolute atomic E-state index is 0.0391. The number of aromatic nitrogens is 2. The third-order valence-corrected chi connectivity index (χ3v) is 4.78. The minimum Gasteiger partial charge on any atom is -0.487 e. The third-order valence-electron chi connectivity index (χ3n) is 4.49. The molecule has 0 saturated carbocycles. The van der Waals surface area contributed by atoms with Gasteiger partial charge in [0, 0.05) is 47.7 Å². The maximum atomic E-state index is 12.9. The summed E-state index contributed by atoms with van der Waals surface area (Å²) >= 11 is 6.11. The van der Waals surface area contributed by atoms with Crippen molar-refractivity contribution < 1.29 is 9.53 Å². The van der Waals surface area contributed by atoms with Crippen molar-refractivity contribution >= 4 is 28.4 Å². The van der Waals surface area contributed by atoms with Crippen molar-refractivity contribution in [2.45, 2.75) is 18.9 Å². The first-order chi connectivity index (χ1) is 12.2. The molecule has 0 radical (unpaired) electrons. The Labute approximate surface area is 150 Å². The Balaban J connectivity index is 1.48. The zero-order chi connectivity index (χ0) is 17.2. The summed E-state index contributed by atoms with van der Waals surface area (Å²) in [5.74, 6) is 0.655. The van der Waals surface area contributed by atoms with Crippen molar-refractivity contribution in [3.8, 4) is 5.75 Å². The standard InChI is InChI=1S/C19H18ClN3O2/c20-16-11-21-7-6-18(16)25-15-2-1-9-23(12-15)19(24)14-3-4-17-13(10-14)5-8-22-17/h3-8,10-11,15,22H,1-2,9,12H2. The number of benzene rings is 1. The Morgan fingerprint density at radius 3 is 3.12 bits per heavy atom. The largest absolute Gasteiger partial charge is 0.487 e. The number of nitrogens with zero attached hydrogens (tertiary/aromatic N) is 2. The van der Waals surface area contributed by atoms with Crippen LogP contribution in [-0.4, -0.2) is 40.0 Å². The lowest BCUT2D eigenvalue weighted by Crippen LogP contribution is -2.44. The molecule has 3 heterocycles. The number of H-pyrrole nitrogens is 1. The molecule has 0 aliphatic carbocycles. The van der Waals surface area contributed by atoms with Gasteiger partial charge in [-0.25, -0.2) is 0 Å². The average molecular weight is 356 g/mol. The van der Waals surface area contributed by atoms with E-state index in [0.29, 0.717) is 22.9 Å². The van der Waals surface area contributed by atoms with Crippen LogP contribution < -0.4 is 4.74 Å². The molecule has 2 aromatic heterocycles. The van der Waals surface area contributed by atoms with Gasteiger partial charge >= 0.3 is 0 Å². The number of pyridine rings is 1. The molecule has 1 N–H and O–H groups in total. The Bertz CT molecular complexity index is 908. The number of hydrogen-bond acceptors (Lipinski definition) is 3. The summed E-state index contributed by atoms with van der Waals surface area (Å²) < 4.78 is 5.99. The van der Waals surface area contributed by atoms with Crippen LogP contribution in [-0.2, 0) is 0 Å². The number of ether oxygens (including phenoxy) is 1. The first kappa shape index (κ1) is 16.0. The fourth-order valence-corrected chi connectivity index (χ4v) is 3.39. The molecule has 128 valence electrons. The normalized spacial score (nSPS) is 17.6. The fourth-order valence-electron chi connectivity index (χ4n) is 3.23. The predicted octanol–water partition coefficient (Wildman–Crippen LogP) is 3.90. The predicted molar refractivity (Wildman–Crippen MR) is 97.1 cm³/mol. The lowest BCUT2D eigenvalue weighted by atomic mass is 10.1. The van der Waals surface area contributed by atoms with Gasteiger partial charge < -0.3 is 14.6 Å². The van der Waals surface area contributed by atoms with Crippen molar-refractivity contribution in [3.63, 3.8) is 0 Å². The molecule has 1 fully saturated rings. The summed E-state index contributed by atoms with van der Waals surface area (Å²) in [5, 5.41) is 1.53. The summed E-state index contributed by atoms with van der Waals surface area (Å²) in [5.41, 5.74) is 1.73. The first-order valence-corrected chi connectivity index (χ1v) is 8.71. The average Bonchev–Trinajstić information content (AvgIpc) is 3.11. The van der Waals surface area contributed by atoms with Gasteiger partial charge in [0.2, 0.25) is 0 Å². The van der Waals surface area contributed by atoms with Crippen molar-refractivity contribution in [1.82, 2.24) is 14.9 Å². The maximum Gasteiger partial charge on any atom is 0.254 e. The van der Waals surface area contributed by atoms with E-state index in [1.165, 1.54) is 0 Å². The number of amides is 1. The summed E-state index contributed by atoms with van der Waals surface area (Å²) in [4.78, 5) is 21.8. The number of carbonyl (C=O) groups excluding carboxylic acids is 1.